The van der Waals surface area contributed by atoms with Crippen LogP contribution in [0.1, 0.15) is 17.5 Å². The van der Waals surface area contributed by atoms with Gasteiger partial charge in [-0.3, -0.25) is 4.72 Å². The third-order valence-corrected chi connectivity index (χ3v) is 4.83. The number of fused-ring (bicyclic) bond motifs is 1. The van der Waals surface area contributed by atoms with Crippen molar-refractivity contribution in [3.05, 3.63) is 47.7 Å². The number of benzene rings is 1. The highest BCUT2D eigenvalue weighted by Crippen LogP contribution is 2.25. The highest BCUT2D eigenvalue weighted by atomic mass is 32.2. The summed E-state index contributed by atoms with van der Waals surface area (Å²) in [5.74, 6) is 0.330. The van der Waals surface area contributed by atoms with Crippen molar-refractivity contribution in [1.82, 2.24) is 4.98 Å². The predicted octanol–water partition coefficient (Wildman–Crippen LogP) is 2.55. The average molecular weight is 303 g/mol. The van der Waals surface area contributed by atoms with Crippen molar-refractivity contribution >= 4 is 21.5 Å². The Kier molecular flexibility index (Phi) is 3.55. The zero-order valence-corrected chi connectivity index (χ0v) is 12.6. The molecule has 1 aromatic carbocycles. The summed E-state index contributed by atoms with van der Waals surface area (Å²) in [5.41, 5.74) is 3.05. The van der Waals surface area contributed by atoms with Crippen molar-refractivity contribution < 1.29 is 8.42 Å². The number of nitrogens with zero attached hydrogens (tertiary/aromatic N) is 1. The first-order chi connectivity index (χ1) is 10.0. The molecule has 1 aliphatic rings. The fourth-order valence-corrected chi connectivity index (χ4v) is 3.40. The largest absolute Gasteiger partial charge is 0.385 e. The van der Waals surface area contributed by atoms with Gasteiger partial charge in [-0.05, 0) is 55.2 Å². The molecule has 0 saturated carbocycles. The van der Waals surface area contributed by atoms with Crippen molar-refractivity contribution in [1.29, 1.82) is 0 Å². The first-order valence-corrected chi connectivity index (χ1v) is 8.35. The molecule has 6 heteroatoms. The molecule has 0 spiro atoms. The second kappa shape index (κ2) is 5.37. The Morgan fingerprint density at radius 2 is 2.10 bits per heavy atom. The minimum atomic E-state index is -3.60. The average Bonchev–Trinajstić information content (AvgIpc) is 2.49. The summed E-state index contributed by atoms with van der Waals surface area (Å²) in [6.45, 7) is 2.84. The molecule has 0 saturated heterocycles. The summed E-state index contributed by atoms with van der Waals surface area (Å²) in [6.07, 6.45) is 3.55. The summed E-state index contributed by atoms with van der Waals surface area (Å²) in [7, 11) is -3.60. The number of aromatic nitrogens is 1. The van der Waals surface area contributed by atoms with Crippen LogP contribution in [0.5, 0.6) is 0 Å². The maximum Gasteiger partial charge on any atom is 0.263 e. The van der Waals surface area contributed by atoms with Gasteiger partial charge in [-0.25, -0.2) is 13.4 Å². The van der Waals surface area contributed by atoms with Crippen LogP contribution in [-0.2, 0) is 16.4 Å². The minimum absolute atomic E-state index is 0.271. The first kappa shape index (κ1) is 13.9. The van der Waals surface area contributed by atoms with Gasteiger partial charge in [-0.15, -0.1) is 0 Å². The van der Waals surface area contributed by atoms with Crippen molar-refractivity contribution in [3.63, 3.8) is 0 Å². The number of hydrogen-bond acceptors (Lipinski definition) is 4. The van der Waals surface area contributed by atoms with Gasteiger partial charge in [0, 0.05) is 18.4 Å². The van der Waals surface area contributed by atoms with Crippen LogP contribution in [0, 0.1) is 6.92 Å². The molecule has 0 fully saturated rings. The second-order valence-corrected chi connectivity index (χ2v) is 6.86. The van der Waals surface area contributed by atoms with E-state index in [1.54, 1.807) is 24.4 Å². The molecular formula is C15H17N3O2S. The van der Waals surface area contributed by atoms with Crippen LogP contribution >= 0.6 is 0 Å². The molecule has 0 radical (unpaired) electrons. The molecule has 1 aliphatic heterocycles. The van der Waals surface area contributed by atoms with Gasteiger partial charge in [-0.1, -0.05) is 6.07 Å². The van der Waals surface area contributed by atoms with Crippen molar-refractivity contribution in [2.24, 2.45) is 0 Å². The molecule has 110 valence electrons. The predicted molar refractivity (Wildman–Crippen MR) is 83.0 cm³/mol. The topological polar surface area (TPSA) is 71.1 Å². The zero-order valence-electron chi connectivity index (χ0n) is 11.8. The summed E-state index contributed by atoms with van der Waals surface area (Å²) >= 11 is 0. The molecule has 0 unspecified atom stereocenters. The van der Waals surface area contributed by atoms with E-state index in [0.717, 1.165) is 36.2 Å². The smallest absolute Gasteiger partial charge is 0.263 e. The number of sulfonamides is 1. The molecule has 0 atom stereocenters. The first-order valence-electron chi connectivity index (χ1n) is 6.87. The quantitative estimate of drug-likeness (QED) is 0.914. The van der Waals surface area contributed by atoms with Gasteiger partial charge < -0.3 is 5.32 Å². The molecule has 21 heavy (non-hydrogen) atoms. The van der Waals surface area contributed by atoms with Crippen LogP contribution in [0.4, 0.5) is 11.5 Å². The molecule has 2 N–H and O–H groups in total. The molecule has 0 aliphatic carbocycles. The van der Waals surface area contributed by atoms with E-state index >= 15 is 0 Å². The van der Waals surface area contributed by atoms with Crippen LogP contribution in [0.25, 0.3) is 0 Å². The van der Waals surface area contributed by atoms with Gasteiger partial charge in [0.2, 0.25) is 0 Å². The molecule has 0 amide bonds. The number of rotatable bonds is 3. The number of hydrogen-bond donors (Lipinski definition) is 2. The van der Waals surface area contributed by atoms with Gasteiger partial charge in [0.1, 0.15) is 5.82 Å². The Labute approximate surface area is 124 Å². The third kappa shape index (κ3) is 3.00. The van der Waals surface area contributed by atoms with Crippen molar-refractivity contribution in [2.75, 3.05) is 16.6 Å². The Morgan fingerprint density at radius 3 is 2.86 bits per heavy atom. The van der Waals surface area contributed by atoms with E-state index < -0.39 is 10.0 Å². The number of aryl methyl sites for hydroxylation is 2. The van der Waals surface area contributed by atoms with Gasteiger partial charge in [0.25, 0.3) is 10.0 Å². The Morgan fingerprint density at radius 1 is 1.24 bits per heavy atom. The molecule has 5 nitrogen and oxygen atoms in total. The van der Waals surface area contributed by atoms with E-state index in [0.29, 0.717) is 5.82 Å². The van der Waals surface area contributed by atoms with Gasteiger partial charge in [0.05, 0.1) is 4.90 Å². The monoisotopic (exact) mass is 303 g/mol. The van der Waals surface area contributed by atoms with Crippen LogP contribution < -0.4 is 10.0 Å². The number of nitrogens with one attached hydrogen (secondary N) is 2. The van der Waals surface area contributed by atoms with Crippen LogP contribution in [0.15, 0.2) is 41.4 Å². The lowest BCUT2D eigenvalue weighted by Crippen LogP contribution is -2.16. The summed E-state index contributed by atoms with van der Waals surface area (Å²) in [5, 5.41) is 3.27. The molecule has 2 heterocycles. The number of anilines is 2. The van der Waals surface area contributed by atoms with E-state index in [1.807, 2.05) is 19.1 Å². The number of pyridine rings is 1. The maximum atomic E-state index is 12.4. The Hall–Kier alpha value is -2.08. The van der Waals surface area contributed by atoms with Crippen molar-refractivity contribution in [3.8, 4) is 0 Å². The molecule has 3 rings (SSSR count). The van der Waals surface area contributed by atoms with E-state index in [4.69, 9.17) is 0 Å². The lowest BCUT2D eigenvalue weighted by atomic mass is 10.0. The van der Waals surface area contributed by atoms with E-state index in [2.05, 4.69) is 15.0 Å². The Bertz CT molecular complexity index is 755. The summed E-state index contributed by atoms with van der Waals surface area (Å²) < 4.78 is 27.3. The SMILES string of the molecule is Cc1ccc(NS(=O)(=O)c2ccc3c(c2)CCCN3)nc1. The van der Waals surface area contributed by atoms with Gasteiger partial charge in [0.15, 0.2) is 0 Å². The minimum Gasteiger partial charge on any atom is -0.385 e. The van der Waals surface area contributed by atoms with Crippen LogP contribution in [0.3, 0.4) is 0 Å². The summed E-state index contributed by atoms with van der Waals surface area (Å²) in [6, 6.07) is 8.66. The molecule has 2 aromatic rings. The zero-order chi connectivity index (χ0) is 14.9. The highest BCUT2D eigenvalue weighted by Gasteiger charge is 2.18. The lowest BCUT2D eigenvalue weighted by Gasteiger charge is -2.18. The molecular weight excluding hydrogens is 286 g/mol. The van der Waals surface area contributed by atoms with Crippen LogP contribution in [0.2, 0.25) is 0 Å². The fraction of sp³-hybridized carbons (Fsp3) is 0.267. The highest BCUT2D eigenvalue weighted by molar-refractivity contribution is 7.92. The second-order valence-electron chi connectivity index (χ2n) is 5.18. The van der Waals surface area contributed by atoms with Crippen molar-refractivity contribution in [2.45, 2.75) is 24.7 Å². The van der Waals surface area contributed by atoms with E-state index in [-0.39, 0.29) is 4.90 Å². The normalized spacial score (nSPS) is 14.1. The standard InChI is InChI=1S/C15H17N3O2S/c1-11-4-7-15(17-10-11)18-21(19,20)13-5-6-14-12(9-13)3-2-8-16-14/h4-7,9-10,16H,2-3,8H2,1H3,(H,17,18). The Balaban J connectivity index is 1.89. The molecule has 0 bridgehead atoms. The van der Waals surface area contributed by atoms with E-state index in [9.17, 15) is 8.42 Å². The fourth-order valence-electron chi connectivity index (χ4n) is 2.34. The molecule has 1 aromatic heterocycles. The van der Waals surface area contributed by atoms with E-state index in [1.165, 1.54) is 0 Å². The maximum absolute atomic E-state index is 12.4. The third-order valence-electron chi connectivity index (χ3n) is 3.48. The summed E-state index contributed by atoms with van der Waals surface area (Å²) in [4.78, 5) is 4.34. The van der Waals surface area contributed by atoms with Crippen LogP contribution in [-0.4, -0.2) is 19.9 Å². The lowest BCUT2D eigenvalue weighted by molar-refractivity contribution is 0.601. The van der Waals surface area contributed by atoms with Gasteiger partial charge >= 0.3 is 0 Å². The van der Waals surface area contributed by atoms with Gasteiger partial charge in [-0.2, -0.15) is 0 Å².